The molecule has 1 aliphatic rings. The minimum atomic E-state index is 0.483. The van der Waals surface area contributed by atoms with Crippen molar-refractivity contribution in [2.24, 2.45) is 5.92 Å². The molecular weight excluding hydrogens is 208 g/mol. The van der Waals surface area contributed by atoms with Crippen LogP contribution in [0.25, 0.3) is 0 Å². The van der Waals surface area contributed by atoms with Crippen LogP contribution in [0.5, 0.6) is 0 Å². The van der Waals surface area contributed by atoms with E-state index in [-0.39, 0.29) is 0 Å². The van der Waals surface area contributed by atoms with Gasteiger partial charge >= 0.3 is 0 Å². The summed E-state index contributed by atoms with van der Waals surface area (Å²) in [6, 6.07) is 0. The van der Waals surface area contributed by atoms with Crippen molar-refractivity contribution >= 4 is 23.5 Å². The molecule has 2 unspecified atom stereocenters. The standard InChI is InChI=1S/C12H22S2/c1-10-5-7-11(8-6-10)12(2,14-4)9-13-3/h5,11H,6-9H2,1-4H3. The van der Waals surface area contributed by atoms with Crippen LogP contribution in [0.4, 0.5) is 0 Å². The highest BCUT2D eigenvalue weighted by Gasteiger charge is 2.33. The second kappa shape index (κ2) is 5.50. The molecule has 1 rings (SSSR count). The van der Waals surface area contributed by atoms with E-state index in [2.05, 4.69) is 44.2 Å². The molecule has 0 radical (unpaired) electrons. The molecule has 14 heavy (non-hydrogen) atoms. The molecule has 0 aliphatic heterocycles. The molecule has 2 heteroatoms. The van der Waals surface area contributed by atoms with Gasteiger partial charge in [-0.3, -0.25) is 0 Å². The van der Waals surface area contributed by atoms with E-state index >= 15 is 0 Å². The first kappa shape index (κ1) is 12.5. The van der Waals surface area contributed by atoms with Gasteiger partial charge in [0.15, 0.2) is 0 Å². The van der Waals surface area contributed by atoms with E-state index in [0.29, 0.717) is 4.75 Å². The minimum absolute atomic E-state index is 0.483. The molecule has 0 amide bonds. The summed E-state index contributed by atoms with van der Waals surface area (Å²) in [6.07, 6.45) is 10.9. The van der Waals surface area contributed by atoms with E-state index in [1.807, 2.05) is 11.8 Å². The van der Waals surface area contributed by atoms with Gasteiger partial charge in [0.25, 0.3) is 0 Å². The van der Waals surface area contributed by atoms with Crippen LogP contribution in [0.2, 0.25) is 0 Å². The highest BCUT2D eigenvalue weighted by atomic mass is 32.2. The first-order valence-electron chi connectivity index (χ1n) is 5.32. The lowest BCUT2D eigenvalue weighted by Gasteiger charge is -2.37. The van der Waals surface area contributed by atoms with Crippen molar-refractivity contribution < 1.29 is 0 Å². The third-order valence-electron chi connectivity index (χ3n) is 3.40. The minimum Gasteiger partial charge on any atom is -0.164 e. The third-order valence-corrected chi connectivity index (χ3v) is 5.88. The second-order valence-corrected chi connectivity index (χ2v) is 6.68. The summed E-state index contributed by atoms with van der Waals surface area (Å²) in [6.45, 7) is 4.70. The van der Waals surface area contributed by atoms with E-state index in [1.54, 1.807) is 5.57 Å². The van der Waals surface area contributed by atoms with E-state index in [4.69, 9.17) is 0 Å². The zero-order chi connectivity index (χ0) is 10.6. The number of rotatable bonds is 4. The molecule has 0 spiro atoms. The van der Waals surface area contributed by atoms with Crippen molar-refractivity contribution in [3.05, 3.63) is 11.6 Å². The Morgan fingerprint density at radius 1 is 1.50 bits per heavy atom. The summed E-state index contributed by atoms with van der Waals surface area (Å²) in [5, 5.41) is 0. The van der Waals surface area contributed by atoms with Gasteiger partial charge < -0.3 is 0 Å². The monoisotopic (exact) mass is 230 g/mol. The van der Waals surface area contributed by atoms with Crippen molar-refractivity contribution in [2.45, 2.75) is 37.9 Å². The molecule has 0 saturated heterocycles. The average molecular weight is 230 g/mol. The zero-order valence-corrected chi connectivity index (χ0v) is 11.4. The Bertz CT molecular complexity index is 210. The van der Waals surface area contributed by atoms with Crippen molar-refractivity contribution in [3.8, 4) is 0 Å². The molecule has 0 heterocycles. The number of allylic oxidation sites excluding steroid dienone is 2. The van der Waals surface area contributed by atoms with Crippen LogP contribution in [0.15, 0.2) is 11.6 Å². The average Bonchev–Trinajstić information content (AvgIpc) is 2.19. The van der Waals surface area contributed by atoms with Gasteiger partial charge in [-0.25, -0.2) is 0 Å². The quantitative estimate of drug-likeness (QED) is 0.663. The van der Waals surface area contributed by atoms with Crippen LogP contribution in [-0.4, -0.2) is 23.0 Å². The van der Waals surface area contributed by atoms with E-state index in [1.165, 1.54) is 25.0 Å². The number of hydrogen-bond donors (Lipinski definition) is 0. The van der Waals surface area contributed by atoms with Crippen molar-refractivity contribution in [2.75, 3.05) is 18.3 Å². The number of thioether (sulfide) groups is 2. The molecular formula is C12H22S2. The maximum Gasteiger partial charge on any atom is 0.0250 e. The molecule has 0 aromatic rings. The van der Waals surface area contributed by atoms with Crippen LogP contribution in [0.3, 0.4) is 0 Å². The summed E-state index contributed by atoms with van der Waals surface area (Å²) in [4.78, 5) is 0. The van der Waals surface area contributed by atoms with E-state index in [9.17, 15) is 0 Å². The molecule has 0 saturated carbocycles. The highest BCUT2D eigenvalue weighted by Crippen LogP contribution is 2.41. The van der Waals surface area contributed by atoms with Crippen molar-refractivity contribution in [1.82, 2.24) is 0 Å². The summed E-state index contributed by atoms with van der Waals surface area (Å²) < 4.78 is 0.483. The van der Waals surface area contributed by atoms with Crippen molar-refractivity contribution in [3.63, 3.8) is 0 Å². The SMILES string of the molecule is CSCC(C)(SC)C1CC=C(C)CC1. The topological polar surface area (TPSA) is 0 Å². The third kappa shape index (κ3) is 2.96. The molecule has 0 N–H and O–H groups in total. The summed E-state index contributed by atoms with van der Waals surface area (Å²) in [7, 11) is 0. The second-order valence-electron chi connectivity index (χ2n) is 4.47. The normalized spacial score (nSPS) is 26.9. The molecule has 0 fully saturated rings. The van der Waals surface area contributed by atoms with Crippen LogP contribution in [0.1, 0.15) is 33.1 Å². The predicted molar refractivity (Wildman–Crippen MR) is 71.4 cm³/mol. The summed E-state index contributed by atoms with van der Waals surface area (Å²) in [5.74, 6) is 2.17. The lowest BCUT2D eigenvalue weighted by molar-refractivity contribution is 0.389. The summed E-state index contributed by atoms with van der Waals surface area (Å²) >= 11 is 4.04. The predicted octanol–water partition coefficient (Wildman–Crippen LogP) is 4.22. The molecule has 0 nitrogen and oxygen atoms in total. The lowest BCUT2D eigenvalue weighted by Crippen LogP contribution is -2.34. The van der Waals surface area contributed by atoms with Gasteiger partial charge in [0.05, 0.1) is 0 Å². The van der Waals surface area contributed by atoms with Crippen LogP contribution in [0, 0.1) is 5.92 Å². The summed E-state index contributed by atoms with van der Waals surface area (Å²) in [5.41, 5.74) is 1.59. The Hall–Kier alpha value is 0.440. The van der Waals surface area contributed by atoms with Gasteiger partial charge in [0.1, 0.15) is 0 Å². The van der Waals surface area contributed by atoms with Crippen molar-refractivity contribution in [1.29, 1.82) is 0 Å². The highest BCUT2D eigenvalue weighted by molar-refractivity contribution is 8.03. The van der Waals surface area contributed by atoms with Gasteiger partial charge in [-0.15, -0.1) is 0 Å². The molecule has 0 bridgehead atoms. The van der Waals surface area contributed by atoms with Crippen LogP contribution >= 0.6 is 23.5 Å². The maximum atomic E-state index is 2.45. The molecule has 1 aliphatic carbocycles. The smallest absolute Gasteiger partial charge is 0.0250 e. The van der Waals surface area contributed by atoms with Gasteiger partial charge in [-0.05, 0) is 51.5 Å². The molecule has 82 valence electrons. The van der Waals surface area contributed by atoms with Crippen LogP contribution in [-0.2, 0) is 0 Å². The Morgan fingerprint density at radius 3 is 2.64 bits per heavy atom. The fourth-order valence-electron chi connectivity index (χ4n) is 2.15. The number of hydrogen-bond acceptors (Lipinski definition) is 2. The largest absolute Gasteiger partial charge is 0.164 e. The Balaban J connectivity index is 2.61. The Morgan fingerprint density at radius 2 is 2.21 bits per heavy atom. The first-order valence-corrected chi connectivity index (χ1v) is 7.94. The fourth-order valence-corrected chi connectivity index (χ4v) is 4.33. The zero-order valence-electron chi connectivity index (χ0n) is 9.80. The fraction of sp³-hybridized carbons (Fsp3) is 0.833. The van der Waals surface area contributed by atoms with E-state index < -0.39 is 0 Å². The maximum absolute atomic E-state index is 2.45. The van der Waals surface area contributed by atoms with E-state index in [0.717, 1.165) is 5.92 Å². The Labute approximate surface area is 97.3 Å². The Kier molecular flexibility index (Phi) is 4.92. The van der Waals surface area contributed by atoms with Gasteiger partial charge in [0, 0.05) is 10.5 Å². The first-order chi connectivity index (χ1) is 6.62. The van der Waals surface area contributed by atoms with Gasteiger partial charge in [-0.1, -0.05) is 11.6 Å². The molecule has 0 aromatic carbocycles. The van der Waals surface area contributed by atoms with Gasteiger partial charge in [-0.2, -0.15) is 23.5 Å². The molecule has 0 aromatic heterocycles. The van der Waals surface area contributed by atoms with Crippen LogP contribution < -0.4 is 0 Å². The van der Waals surface area contributed by atoms with Gasteiger partial charge in [0.2, 0.25) is 0 Å². The molecule has 2 atom stereocenters. The lowest BCUT2D eigenvalue weighted by atomic mass is 9.82.